The number of para-hydroxylation sites is 1. The van der Waals surface area contributed by atoms with Crippen LogP contribution in [0.4, 0.5) is 0 Å². The summed E-state index contributed by atoms with van der Waals surface area (Å²) in [4.78, 5) is 0. The van der Waals surface area contributed by atoms with Crippen LogP contribution in [0.5, 0.6) is 0 Å². The number of fused-ring (bicyclic) bond motifs is 1. The molecule has 0 aliphatic carbocycles. The Labute approximate surface area is 70.9 Å². The summed E-state index contributed by atoms with van der Waals surface area (Å²) >= 11 is 0. The summed E-state index contributed by atoms with van der Waals surface area (Å²) in [6, 6.07) is 10.8. The maximum absolute atomic E-state index is 5.06. The normalized spacial score (nSPS) is 9.20. The standard InChI is InChI=1S/C8H5O.V/c1-2-4-8-7(3-1)5-6-9-8;/h1-4,6H;/q-1;. The van der Waals surface area contributed by atoms with E-state index in [4.69, 9.17) is 4.42 Å². The summed E-state index contributed by atoms with van der Waals surface area (Å²) in [6.07, 6.45) is 1.57. The monoisotopic (exact) mass is 168 g/mol. The van der Waals surface area contributed by atoms with Crippen molar-refractivity contribution in [2.45, 2.75) is 0 Å². The quantitative estimate of drug-likeness (QED) is 0.549. The number of benzene rings is 1. The molecule has 1 radical (unpaired) electrons. The summed E-state index contributed by atoms with van der Waals surface area (Å²) in [5.74, 6) is 0. The van der Waals surface area contributed by atoms with Gasteiger partial charge in [-0.2, -0.15) is 6.07 Å². The fourth-order valence-corrected chi connectivity index (χ4v) is 0.845. The second kappa shape index (κ2) is 2.95. The van der Waals surface area contributed by atoms with Gasteiger partial charge in [-0.15, -0.1) is 17.5 Å². The Bertz CT molecular complexity index is 283. The predicted octanol–water partition coefficient (Wildman–Crippen LogP) is 2.23. The molecule has 0 spiro atoms. The van der Waals surface area contributed by atoms with E-state index >= 15 is 0 Å². The van der Waals surface area contributed by atoms with Crippen LogP contribution >= 0.6 is 0 Å². The van der Waals surface area contributed by atoms with Crippen LogP contribution in [-0.4, -0.2) is 0 Å². The smallest absolute Gasteiger partial charge is 0.0199 e. The van der Waals surface area contributed by atoms with E-state index in [0.29, 0.717) is 0 Å². The van der Waals surface area contributed by atoms with Crippen LogP contribution in [0.15, 0.2) is 34.9 Å². The molecule has 0 atom stereocenters. The van der Waals surface area contributed by atoms with Crippen LogP contribution in [-0.2, 0) is 18.6 Å². The molecule has 1 heterocycles. The van der Waals surface area contributed by atoms with Crippen molar-refractivity contribution in [3.63, 3.8) is 0 Å². The first-order chi connectivity index (χ1) is 4.47. The molecule has 0 unspecified atom stereocenters. The maximum atomic E-state index is 5.06. The Morgan fingerprint density at radius 3 is 2.80 bits per heavy atom. The number of hydrogen-bond donors (Lipinski definition) is 0. The van der Waals surface area contributed by atoms with Gasteiger partial charge in [0.25, 0.3) is 0 Å². The van der Waals surface area contributed by atoms with Crippen LogP contribution in [0.2, 0.25) is 0 Å². The van der Waals surface area contributed by atoms with Gasteiger partial charge in [0.1, 0.15) is 0 Å². The minimum absolute atomic E-state index is 0. The maximum Gasteiger partial charge on any atom is 0.0199 e. The summed E-state index contributed by atoms with van der Waals surface area (Å²) in [5, 5.41) is 1.04. The second-order valence-corrected chi connectivity index (χ2v) is 1.88. The minimum atomic E-state index is 0. The van der Waals surface area contributed by atoms with Gasteiger partial charge < -0.3 is 4.42 Å². The van der Waals surface area contributed by atoms with Crippen molar-refractivity contribution in [2.24, 2.45) is 0 Å². The van der Waals surface area contributed by atoms with Crippen LogP contribution in [0.25, 0.3) is 11.0 Å². The van der Waals surface area contributed by atoms with Gasteiger partial charge in [-0.3, -0.25) is 0 Å². The van der Waals surface area contributed by atoms with Gasteiger partial charge in [0.15, 0.2) is 0 Å². The van der Waals surface area contributed by atoms with Crippen molar-refractivity contribution < 1.29 is 23.0 Å². The van der Waals surface area contributed by atoms with Gasteiger partial charge in [-0.25, -0.2) is 0 Å². The number of hydrogen-bond acceptors (Lipinski definition) is 1. The van der Waals surface area contributed by atoms with Gasteiger partial charge >= 0.3 is 0 Å². The molecule has 2 aromatic rings. The Morgan fingerprint density at radius 2 is 2.00 bits per heavy atom. The first-order valence-corrected chi connectivity index (χ1v) is 2.81. The third-order valence-electron chi connectivity index (χ3n) is 1.29. The van der Waals surface area contributed by atoms with Crippen LogP contribution < -0.4 is 0 Å². The average molecular weight is 168 g/mol. The predicted molar refractivity (Wildman–Crippen MR) is 35.1 cm³/mol. The molecule has 0 N–H and O–H groups in total. The van der Waals surface area contributed by atoms with Crippen molar-refractivity contribution in [2.75, 3.05) is 0 Å². The van der Waals surface area contributed by atoms with Crippen LogP contribution in [0.1, 0.15) is 0 Å². The molecular formula is C8H5OV-. The van der Waals surface area contributed by atoms with E-state index < -0.39 is 0 Å². The van der Waals surface area contributed by atoms with Gasteiger partial charge in [-0.1, -0.05) is 12.1 Å². The van der Waals surface area contributed by atoms with Gasteiger partial charge in [0.2, 0.25) is 0 Å². The van der Waals surface area contributed by atoms with Gasteiger partial charge in [0, 0.05) is 30.4 Å². The Balaban J connectivity index is 0.000000500. The molecule has 0 saturated heterocycles. The topological polar surface area (TPSA) is 13.1 Å². The molecule has 0 aliphatic heterocycles. The molecule has 1 nitrogen and oxygen atoms in total. The van der Waals surface area contributed by atoms with Crippen molar-refractivity contribution in [1.29, 1.82) is 0 Å². The van der Waals surface area contributed by atoms with E-state index in [0.717, 1.165) is 11.0 Å². The van der Waals surface area contributed by atoms with Crippen LogP contribution in [0, 0.1) is 6.07 Å². The van der Waals surface area contributed by atoms with E-state index in [1.807, 2.05) is 24.3 Å². The zero-order valence-corrected chi connectivity index (χ0v) is 6.64. The summed E-state index contributed by atoms with van der Waals surface area (Å²) < 4.78 is 5.06. The summed E-state index contributed by atoms with van der Waals surface area (Å²) in [7, 11) is 0. The molecule has 10 heavy (non-hydrogen) atoms. The number of furan rings is 1. The fraction of sp³-hybridized carbons (Fsp3) is 0. The van der Waals surface area contributed by atoms with Crippen molar-refractivity contribution >= 4 is 11.0 Å². The molecule has 2 heteroatoms. The largest absolute Gasteiger partial charge is 0.536 e. The van der Waals surface area contributed by atoms with Crippen molar-refractivity contribution in [3.05, 3.63) is 36.6 Å². The van der Waals surface area contributed by atoms with Gasteiger partial charge in [0.05, 0.1) is 0 Å². The molecule has 0 fully saturated rings. The van der Waals surface area contributed by atoms with E-state index in [1.165, 1.54) is 0 Å². The molecule has 0 saturated carbocycles. The van der Waals surface area contributed by atoms with Crippen molar-refractivity contribution in [3.8, 4) is 0 Å². The minimum Gasteiger partial charge on any atom is -0.536 e. The molecule has 2 rings (SSSR count). The molecule has 1 aromatic carbocycles. The third kappa shape index (κ3) is 1.11. The van der Waals surface area contributed by atoms with E-state index in [1.54, 1.807) is 6.26 Å². The molecule has 0 aliphatic rings. The molecule has 0 amide bonds. The first kappa shape index (κ1) is 7.45. The molecule has 1 aromatic heterocycles. The molecular weight excluding hydrogens is 163 g/mol. The Hall–Kier alpha value is -0.656. The summed E-state index contributed by atoms with van der Waals surface area (Å²) in [6.45, 7) is 0. The van der Waals surface area contributed by atoms with E-state index in [-0.39, 0.29) is 18.6 Å². The third-order valence-corrected chi connectivity index (χ3v) is 1.29. The molecule has 49 valence electrons. The molecule has 0 bridgehead atoms. The SMILES string of the molecule is [V].[c-]1coc2ccccc12. The van der Waals surface area contributed by atoms with Crippen LogP contribution in [0.3, 0.4) is 0 Å². The first-order valence-electron chi connectivity index (χ1n) is 2.81. The van der Waals surface area contributed by atoms with E-state index in [2.05, 4.69) is 6.07 Å². The zero-order chi connectivity index (χ0) is 6.10. The number of rotatable bonds is 0. The van der Waals surface area contributed by atoms with E-state index in [9.17, 15) is 0 Å². The van der Waals surface area contributed by atoms with Gasteiger partial charge in [-0.05, 0) is 0 Å². The Kier molecular flexibility index (Phi) is 2.20. The Morgan fingerprint density at radius 1 is 1.20 bits per heavy atom. The second-order valence-electron chi connectivity index (χ2n) is 1.88. The van der Waals surface area contributed by atoms with Crippen molar-refractivity contribution in [1.82, 2.24) is 0 Å². The average Bonchev–Trinajstić information content (AvgIpc) is 2.33. The summed E-state index contributed by atoms with van der Waals surface area (Å²) in [5.41, 5.74) is 0.900. The zero-order valence-electron chi connectivity index (χ0n) is 5.24. The fourth-order valence-electron chi connectivity index (χ4n) is 0.845.